The number of hydrogen-bond donors (Lipinski definition) is 0. The standard InChI is InChI=1S/C45H31N5/c1-30-41(33-16-8-3-9-17-33)49-50-40(32-14-6-2-7-15-32)29-38-28-37(26-27-39(38)42(30)50)31-22-24-36(25-23-31)45-47-43(34-18-10-4-11-19-34)46-44(48-45)35-20-12-5-13-21-35/h2-29H,1H3. The molecule has 5 heteroatoms. The predicted octanol–water partition coefficient (Wildman–Crippen LogP) is 11.0. The largest absolute Gasteiger partial charge is 0.232 e. The second kappa shape index (κ2) is 12.4. The Kier molecular flexibility index (Phi) is 7.29. The van der Waals surface area contributed by atoms with Crippen LogP contribution in [0.25, 0.3) is 84.1 Å². The maximum Gasteiger partial charge on any atom is 0.164 e. The molecule has 50 heavy (non-hydrogen) atoms. The molecule has 0 atom stereocenters. The molecule has 0 bridgehead atoms. The zero-order valence-corrected chi connectivity index (χ0v) is 27.4. The lowest BCUT2D eigenvalue weighted by Gasteiger charge is -2.12. The van der Waals surface area contributed by atoms with Gasteiger partial charge in [0.2, 0.25) is 0 Å². The minimum atomic E-state index is 0.642. The molecule has 5 nitrogen and oxygen atoms in total. The summed E-state index contributed by atoms with van der Waals surface area (Å²) in [5.74, 6) is 1.95. The van der Waals surface area contributed by atoms with Gasteiger partial charge in [0.25, 0.3) is 0 Å². The molecular weight excluding hydrogens is 611 g/mol. The van der Waals surface area contributed by atoms with Crippen molar-refractivity contribution in [1.29, 1.82) is 0 Å². The average Bonchev–Trinajstić information content (AvgIpc) is 3.55. The maximum absolute atomic E-state index is 5.18. The first-order valence-corrected chi connectivity index (χ1v) is 16.7. The van der Waals surface area contributed by atoms with Crippen LogP contribution in [0.15, 0.2) is 170 Å². The third-order valence-corrected chi connectivity index (χ3v) is 9.24. The summed E-state index contributed by atoms with van der Waals surface area (Å²) in [5, 5.41) is 7.51. The van der Waals surface area contributed by atoms with E-state index >= 15 is 0 Å². The molecule has 0 radical (unpaired) electrons. The van der Waals surface area contributed by atoms with Gasteiger partial charge < -0.3 is 0 Å². The van der Waals surface area contributed by atoms with Gasteiger partial charge in [-0.2, -0.15) is 5.10 Å². The molecule has 0 fully saturated rings. The van der Waals surface area contributed by atoms with Gasteiger partial charge in [0.05, 0.1) is 16.9 Å². The number of nitrogens with zero attached hydrogens (tertiary/aromatic N) is 5. The van der Waals surface area contributed by atoms with Crippen LogP contribution < -0.4 is 0 Å². The summed E-state index contributed by atoms with van der Waals surface area (Å²) in [7, 11) is 0. The Bertz CT molecular complexity index is 2560. The molecule has 0 amide bonds. The molecule has 3 aromatic heterocycles. The molecule has 9 aromatic rings. The van der Waals surface area contributed by atoms with E-state index in [0.717, 1.165) is 66.8 Å². The van der Waals surface area contributed by atoms with E-state index in [-0.39, 0.29) is 0 Å². The van der Waals surface area contributed by atoms with Crippen LogP contribution in [0.2, 0.25) is 0 Å². The molecular formula is C45H31N5. The van der Waals surface area contributed by atoms with Crippen LogP contribution >= 0.6 is 0 Å². The van der Waals surface area contributed by atoms with Gasteiger partial charge in [-0.15, -0.1) is 0 Å². The monoisotopic (exact) mass is 641 g/mol. The highest BCUT2D eigenvalue weighted by Gasteiger charge is 2.18. The first kappa shape index (κ1) is 29.4. The Hall–Kier alpha value is -6.72. The minimum absolute atomic E-state index is 0.642. The fourth-order valence-electron chi connectivity index (χ4n) is 6.71. The average molecular weight is 642 g/mol. The molecule has 0 spiro atoms. The number of pyridine rings is 1. The van der Waals surface area contributed by atoms with E-state index in [1.165, 1.54) is 5.39 Å². The highest BCUT2D eigenvalue weighted by Crippen LogP contribution is 2.37. The van der Waals surface area contributed by atoms with Gasteiger partial charge in [-0.05, 0) is 35.6 Å². The van der Waals surface area contributed by atoms with Crippen LogP contribution in [-0.4, -0.2) is 24.6 Å². The van der Waals surface area contributed by atoms with Gasteiger partial charge in [-0.25, -0.2) is 19.5 Å². The van der Waals surface area contributed by atoms with Crippen LogP contribution in [0.3, 0.4) is 0 Å². The molecule has 9 rings (SSSR count). The highest BCUT2D eigenvalue weighted by molar-refractivity contribution is 6.03. The lowest BCUT2D eigenvalue weighted by atomic mass is 9.97. The number of benzene rings is 6. The third-order valence-electron chi connectivity index (χ3n) is 9.24. The molecule has 0 unspecified atom stereocenters. The maximum atomic E-state index is 5.18. The predicted molar refractivity (Wildman–Crippen MR) is 203 cm³/mol. The van der Waals surface area contributed by atoms with E-state index in [1.54, 1.807) is 0 Å². The van der Waals surface area contributed by atoms with Crippen molar-refractivity contribution in [2.45, 2.75) is 6.92 Å². The van der Waals surface area contributed by atoms with Crippen molar-refractivity contribution in [3.8, 4) is 67.8 Å². The zero-order valence-electron chi connectivity index (χ0n) is 27.4. The van der Waals surface area contributed by atoms with Crippen molar-refractivity contribution in [3.63, 3.8) is 0 Å². The van der Waals surface area contributed by atoms with Crippen molar-refractivity contribution in [3.05, 3.63) is 175 Å². The normalized spacial score (nSPS) is 11.3. The van der Waals surface area contributed by atoms with E-state index in [4.69, 9.17) is 20.1 Å². The van der Waals surface area contributed by atoms with Gasteiger partial charge in [-0.3, -0.25) is 0 Å². The zero-order chi connectivity index (χ0) is 33.4. The van der Waals surface area contributed by atoms with Gasteiger partial charge in [0.1, 0.15) is 0 Å². The van der Waals surface area contributed by atoms with E-state index < -0.39 is 0 Å². The smallest absolute Gasteiger partial charge is 0.164 e. The lowest BCUT2D eigenvalue weighted by molar-refractivity contribution is 0.979. The summed E-state index contributed by atoms with van der Waals surface area (Å²) in [6.07, 6.45) is 0. The molecule has 0 saturated carbocycles. The van der Waals surface area contributed by atoms with E-state index in [0.29, 0.717) is 17.5 Å². The first-order valence-electron chi connectivity index (χ1n) is 16.7. The Morgan fingerprint density at radius 1 is 0.400 bits per heavy atom. The van der Waals surface area contributed by atoms with E-state index in [2.05, 4.69) is 115 Å². The Morgan fingerprint density at radius 3 is 1.38 bits per heavy atom. The third kappa shape index (κ3) is 5.31. The van der Waals surface area contributed by atoms with Gasteiger partial charge >= 0.3 is 0 Å². The Labute approximate surface area is 290 Å². The summed E-state index contributed by atoms with van der Waals surface area (Å²) in [5.41, 5.74) is 11.7. The van der Waals surface area contributed by atoms with Crippen molar-refractivity contribution in [2.75, 3.05) is 0 Å². The SMILES string of the molecule is Cc1c(-c2ccccc2)nn2c(-c3ccccc3)cc3cc(-c4ccc(-c5nc(-c6ccccc6)nc(-c6ccccc6)n5)cc4)ccc3c12. The summed E-state index contributed by atoms with van der Waals surface area (Å²) in [4.78, 5) is 14.7. The van der Waals surface area contributed by atoms with Gasteiger partial charge in [0.15, 0.2) is 17.5 Å². The number of fused-ring (bicyclic) bond motifs is 3. The molecule has 6 aromatic carbocycles. The summed E-state index contributed by atoms with van der Waals surface area (Å²) >= 11 is 0. The van der Waals surface area contributed by atoms with Crippen molar-refractivity contribution >= 4 is 16.3 Å². The molecule has 0 aliphatic carbocycles. The summed E-state index contributed by atoms with van der Waals surface area (Å²) in [6, 6.07) is 58.6. The Balaban J connectivity index is 1.15. The fraction of sp³-hybridized carbons (Fsp3) is 0.0222. The molecule has 0 aliphatic heterocycles. The van der Waals surface area contributed by atoms with Crippen molar-refractivity contribution in [2.24, 2.45) is 0 Å². The second-order valence-electron chi connectivity index (χ2n) is 12.4. The van der Waals surface area contributed by atoms with Crippen molar-refractivity contribution < 1.29 is 0 Å². The molecule has 0 aliphatic rings. The molecule has 0 saturated heterocycles. The van der Waals surface area contributed by atoms with Crippen LogP contribution in [0.4, 0.5) is 0 Å². The fourth-order valence-corrected chi connectivity index (χ4v) is 6.71. The molecule has 0 N–H and O–H groups in total. The van der Waals surface area contributed by atoms with Crippen LogP contribution in [0.5, 0.6) is 0 Å². The topological polar surface area (TPSA) is 56.0 Å². The number of rotatable bonds is 6. The van der Waals surface area contributed by atoms with Crippen molar-refractivity contribution in [1.82, 2.24) is 24.6 Å². The number of aromatic nitrogens is 5. The summed E-state index contributed by atoms with van der Waals surface area (Å²) in [6.45, 7) is 2.18. The summed E-state index contributed by atoms with van der Waals surface area (Å²) < 4.78 is 2.12. The van der Waals surface area contributed by atoms with E-state index in [1.807, 2.05) is 66.7 Å². The quantitative estimate of drug-likeness (QED) is 0.181. The number of hydrogen-bond acceptors (Lipinski definition) is 4. The molecule has 3 heterocycles. The lowest BCUT2D eigenvalue weighted by Crippen LogP contribution is -2.00. The minimum Gasteiger partial charge on any atom is -0.232 e. The van der Waals surface area contributed by atoms with E-state index in [9.17, 15) is 0 Å². The van der Waals surface area contributed by atoms with Crippen LogP contribution in [0.1, 0.15) is 5.56 Å². The molecule has 236 valence electrons. The van der Waals surface area contributed by atoms with Gasteiger partial charge in [-0.1, -0.05) is 158 Å². The van der Waals surface area contributed by atoms with Gasteiger partial charge in [0, 0.05) is 38.8 Å². The van der Waals surface area contributed by atoms with Crippen LogP contribution in [0, 0.1) is 6.92 Å². The second-order valence-corrected chi connectivity index (χ2v) is 12.4. The van der Waals surface area contributed by atoms with Crippen LogP contribution in [-0.2, 0) is 0 Å². The first-order chi connectivity index (χ1) is 24.7. The highest BCUT2D eigenvalue weighted by atomic mass is 15.2. The Morgan fingerprint density at radius 2 is 0.840 bits per heavy atom. The number of aryl methyl sites for hydroxylation is 1.